The van der Waals surface area contributed by atoms with E-state index in [4.69, 9.17) is 12.2 Å². The standard InChI is InChI=1S/C16H22FN3OS/c1-11-8-16(2,3)19-15(22)20(11)10-14(21)18-9-12-4-6-13(17)7-5-12/h4-7,11H,8-10H2,1-3H3,(H,18,21)(H,19,22)/t11-/m1/s1. The fraction of sp³-hybridized carbons (Fsp3) is 0.500. The van der Waals surface area contributed by atoms with Crippen molar-refractivity contribution in [3.63, 3.8) is 0 Å². The van der Waals surface area contributed by atoms with E-state index in [0.29, 0.717) is 11.7 Å². The molecule has 1 atom stereocenters. The summed E-state index contributed by atoms with van der Waals surface area (Å²) in [7, 11) is 0. The lowest BCUT2D eigenvalue weighted by atomic mass is 9.93. The molecule has 1 amide bonds. The molecule has 1 aromatic carbocycles. The first kappa shape index (κ1) is 16.7. The lowest BCUT2D eigenvalue weighted by Gasteiger charge is -2.44. The molecule has 2 rings (SSSR count). The van der Waals surface area contributed by atoms with E-state index < -0.39 is 0 Å². The monoisotopic (exact) mass is 323 g/mol. The minimum atomic E-state index is -0.281. The van der Waals surface area contributed by atoms with E-state index in [-0.39, 0.29) is 29.8 Å². The molecule has 1 fully saturated rings. The Morgan fingerprint density at radius 2 is 2.09 bits per heavy atom. The molecule has 1 aromatic rings. The first-order chi connectivity index (χ1) is 10.3. The Kier molecular flexibility index (Phi) is 5.01. The molecule has 1 saturated heterocycles. The fourth-order valence-corrected chi connectivity index (χ4v) is 3.22. The van der Waals surface area contributed by atoms with Gasteiger partial charge in [0.1, 0.15) is 5.82 Å². The number of carbonyl (C=O) groups is 1. The van der Waals surface area contributed by atoms with E-state index in [1.165, 1.54) is 12.1 Å². The molecule has 6 heteroatoms. The molecule has 0 radical (unpaired) electrons. The summed E-state index contributed by atoms with van der Waals surface area (Å²) in [5.74, 6) is -0.378. The van der Waals surface area contributed by atoms with E-state index in [0.717, 1.165) is 12.0 Å². The summed E-state index contributed by atoms with van der Waals surface area (Å²) in [6.45, 7) is 6.88. The number of nitrogens with one attached hydrogen (secondary N) is 2. The van der Waals surface area contributed by atoms with Gasteiger partial charge in [-0.2, -0.15) is 0 Å². The molecule has 120 valence electrons. The SMILES string of the molecule is C[C@@H]1CC(C)(C)NC(=S)N1CC(=O)NCc1ccc(F)cc1. The zero-order valence-corrected chi connectivity index (χ0v) is 14.0. The van der Waals surface area contributed by atoms with Gasteiger partial charge >= 0.3 is 0 Å². The predicted molar refractivity (Wildman–Crippen MR) is 88.8 cm³/mol. The van der Waals surface area contributed by atoms with E-state index in [9.17, 15) is 9.18 Å². The summed E-state index contributed by atoms with van der Waals surface area (Å²) in [5.41, 5.74) is 0.820. The van der Waals surface area contributed by atoms with Crippen LogP contribution in [-0.2, 0) is 11.3 Å². The van der Waals surface area contributed by atoms with E-state index >= 15 is 0 Å². The van der Waals surface area contributed by atoms with Crippen LogP contribution in [0.15, 0.2) is 24.3 Å². The van der Waals surface area contributed by atoms with Gasteiger partial charge in [-0.05, 0) is 57.1 Å². The number of thiocarbonyl (C=S) groups is 1. The predicted octanol–water partition coefficient (Wildman–Crippen LogP) is 2.19. The van der Waals surface area contributed by atoms with Crippen molar-refractivity contribution < 1.29 is 9.18 Å². The van der Waals surface area contributed by atoms with Crippen LogP contribution in [0.1, 0.15) is 32.8 Å². The average molecular weight is 323 g/mol. The van der Waals surface area contributed by atoms with Gasteiger partial charge in [0, 0.05) is 18.1 Å². The summed E-state index contributed by atoms with van der Waals surface area (Å²) in [6.07, 6.45) is 0.915. The molecule has 1 heterocycles. The van der Waals surface area contributed by atoms with Crippen LogP contribution in [0.25, 0.3) is 0 Å². The minimum Gasteiger partial charge on any atom is -0.358 e. The number of halogens is 1. The fourth-order valence-electron chi connectivity index (χ4n) is 2.70. The van der Waals surface area contributed by atoms with Crippen LogP contribution in [0.3, 0.4) is 0 Å². The number of hydrogen-bond acceptors (Lipinski definition) is 2. The molecule has 1 aliphatic rings. The van der Waals surface area contributed by atoms with Gasteiger partial charge < -0.3 is 15.5 Å². The lowest BCUT2D eigenvalue weighted by Crippen LogP contribution is -2.61. The van der Waals surface area contributed by atoms with Crippen molar-refractivity contribution in [1.82, 2.24) is 15.5 Å². The molecule has 0 aliphatic carbocycles. The van der Waals surface area contributed by atoms with E-state index in [2.05, 4.69) is 31.4 Å². The molecule has 0 spiro atoms. The second-order valence-electron chi connectivity index (χ2n) is 6.40. The van der Waals surface area contributed by atoms with Crippen molar-refractivity contribution >= 4 is 23.2 Å². The van der Waals surface area contributed by atoms with Gasteiger partial charge in [0.15, 0.2) is 5.11 Å². The summed E-state index contributed by atoms with van der Waals surface area (Å²) in [6, 6.07) is 6.30. The normalized spacial score (nSPS) is 20.5. The van der Waals surface area contributed by atoms with Gasteiger partial charge in [0.05, 0.1) is 6.54 Å². The van der Waals surface area contributed by atoms with Crippen LogP contribution in [0, 0.1) is 5.82 Å². The van der Waals surface area contributed by atoms with Gasteiger partial charge in [-0.3, -0.25) is 4.79 Å². The Labute approximate surface area is 136 Å². The average Bonchev–Trinajstić information content (AvgIpc) is 2.41. The van der Waals surface area contributed by atoms with Crippen LogP contribution in [0.2, 0.25) is 0 Å². The van der Waals surface area contributed by atoms with Crippen molar-refractivity contribution in [3.05, 3.63) is 35.6 Å². The Morgan fingerprint density at radius 3 is 2.68 bits per heavy atom. The highest BCUT2D eigenvalue weighted by atomic mass is 32.1. The summed E-state index contributed by atoms with van der Waals surface area (Å²) in [5, 5.41) is 6.71. The zero-order valence-electron chi connectivity index (χ0n) is 13.1. The lowest BCUT2D eigenvalue weighted by molar-refractivity contribution is -0.122. The van der Waals surface area contributed by atoms with Crippen molar-refractivity contribution in [3.8, 4) is 0 Å². The van der Waals surface area contributed by atoms with Crippen molar-refractivity contribution in [2.75, 3.05) is 6.54 Å². The highest BCUT2D eigenvalue weighted by Gasteiger charge is 2.33. The topological polar surface area (TPSA) is 44.4 Å². The first-order valence-electron chi connectivity index (χ1n) is 7.37. The molecule has 4 nitrogen and oxygen atoms in total. The first-order valence-corrected chi connectivity index (χ1v) is 7.77. The maximum atomic E-state index is 12.8. The third-order valence-electron chi connectivity index (χ3n) is 3.76. The van der Waals surface area contributed by atoms with Crippen molar-refractivity contribution in [2.24, 2.45) is 0 Å². The van der Waals surface area contributed by atoms with Crippen LogP contribution in [-0.4, -0.2) is 34.0 Å². The second-order valence-corrected chi connectivity index (χ2v) is 6.78. The molecule has 1 aliphatic heterocycles. The van der Waals surface area contributed by atoms with E-state index in [1.807, 2.05) is 4.90 Å². The summed E-state index contributed by atoms with van der Waals surface area (Å²) >= 11 is 5.36. The number of benzene rings is 1. The number of hydrogen-bond donors (Lipinski definition) is 2. The Balaban J connectivity index is 1.86. The number of amides is 1. The summed E-state index contributed by atoms with van der Waals surface area (Å²) < 4.78 is 12.8. The quantitative estimate of drug-likeness (QED) is 0.834. The largest absolute Gasteiger partial charge is 0.358 e. The summed E-state index contributed by atoms with van der Waals surface area (Å²) in [4.78, 5) is 14.0. The number of nitrogens with zero attached hydrogens (tertiary/aromatic N) is 1. The molecule has 0 aromatic heterocycles. The molecular weight excluding hydrogens is 301 g/mol. The molecular formula is C16H22FN3OS. The third-order valence-corrected chi connectivity index (χ3v) is 4.10. The number of carbonyl (C=O) groups excluding carboxylic acids is 1. The molecule has 0 saturated carbocycles. The maximum Gasteiger partial charge on any atom is 0.239 e. The second kappa shape index (κ2) is 6.60. The Hall–Kier alpha value is -1.69. The van der Waals surface area contributed by atoms with Gasteiger partial charge in [0.25, 0.3) is 0 Å². The van der Waals surface area contributed by atoms with Gasteiger partial charge in [-0.1, -0.05) is 12.1 Å². The van der Waals surface area contributed by atoms with Crippen LogP contribution < -0.4 is 10.6 Å². The van der Waals surface area contributed by atoms with Gasteiger partial charge in [0.2, 0.25) is 5.91 Å². The third kappa shape index (κ3) is 4.40. The smallest absolute Gasteiger partial charge is 0.239 e. The van der Waals surface area contributed by atoms with Crippen LogP contribution >= 0.6 is 12.2 Å². The van der Waals surface area contributed by atoms with Crippen molar-refractivity contribution in [1.29, 1.82) is 0 Å². The minimum absolute atomic E-state index is 0.0441. The van der Waals surface area contributed by atoms with Crippen molar-refractivity contribution in [2.45, 2.75) is 45.3 Å². The zero-order chi connectivity index (χ0) is 16.3. The van der Waals surface area contributed by atoms with Crippen LogP contribution in [0.5, 0.6) is 0 Å². The molecule has 2 N–H and O–H groups in total. The Bertz CT molecular complexity index is 559. The highest BCUT2D eigenvalue weighted by molar-refractivity contribution is 7.80. The van der Waals surface area contributed by atoms with Crippen LogP contribution in [0.4, 0.5) is 4.39 Å². The van der Waals surface area contributed by atoms with Gasteiger partial charge in [-0.25, -0.2) is 4.39 Å². The molecule has 0 bridgehead atoms. The molecule has 0 unspecified atom stereocenters. The van der Waals surface area contributed by atoms with Gasteiger partial charge in [-0.15, -0.1) is 0 Å². The Morgan fingerprint density at radius 1 is 1.45 bits per heavy atom. The highest BCUT2D eigenvalue weighted by Crippen LogP contribution is 2.21. The number of rotatable bonds is 4. The van der Waals surface area contributed by atoms with E-state index in [1.54, 1.807) is 12.1 Å². The molecule has 22 heavy (non-hydrogen) atoms. The maximum absolute atomic E-state index is 12.8.